The number of rotatable bonds is 5. The zero-order chi connectivity index (χ0) is 12.0. The Kier molecular flexibility index (Phi) is 5.08. The largest absolute Gasteiger partial charge is 0.469 e. The van der Waals surface area contributed by atoms with Gasteiger partial charge in [0.15, 0.2) is 0 Å². The molecule has 0 heterocycles. The highest BCUT2D eigenvalue weighted by Crippen LogP contribution is 2.17. The molecular weight excluding hydrogens is 228 g/mol. The van der Waals surface area contributed by atoms with Crippen molar-refractivity contribution in [3.05, 3.63) is 28.8 Å². The van der Waals surface area contributed by atoms with E-state index in [1.54, 1.807) is 12.1 Å². The average Bonchev–Trinajstić information content (AvgIpc) is 2.26. The van der Waals surface area contributed by atoms with Crippen molar-refractivity contribution in [2.24, 2.45) is 0 Å². The van der Waals surface area contributed by atoms with Gasteiger partial charge in [0.05, 0.1) is 13.5 Å². The van der Waals surface area contributed by atoms with Crippen LogP contribution in [0.5, 0.6) is 0 Å². The minimum Gasteiger partial charge on any atom is -0.469 e. The first-order chi connectivity index (χ1) is 7.63. The Morgan fingerprint density at radius 2 is 2.31 bits per heavy atom. The van der Waals surface area contributed by atoms with Crippen LogP contribution >= 0.6 is 11.6 Å². The number of nitrogen functional groups attached to an aromatic ring is 1. The molecule has 5 heteroatoms. The second kappa shape index (κ2) is 6.35. The second-order valence-electron chi connectivity index (χ2n) is 3.35. The van der Waals surface area contributed by atoms with Crippen molar-refractivity contribution in [1.82, 2.24) is 5.32 Å². The number of carbonyl (C=O) groups excluding carboxylic acids is 1. The van der Waals surface area contributed by atoms with Crippen LogP contribution in [0.4, 0.5) is 5.69 Å². The summed E-state index contributed by atoms with van der Waals surface area (Å²) in [5.41, 5.74) is 7.39. The van der Waals surface area contributed by atoms with E-state index in [2.05, 4.69) is 10.1 Å². The van der Waals surface area contributed by atoms with Gasteiger partial charge in [0.2, 0.25) is 0 Å². The number of hydrogen-bond donors (Lipinski definition) is 2. The highest BCUT2D eigenvalue weighted by Gasteiger charge is 2.01. The summed E-state index contributed by atoms with van der Waals surface area (Å²) >= 11 is 5.78. The van der Waals surface area contributed by atoms with Gasteiger partial charge >= 0.3 is 5.97 Å². The molecule has 0 aliphatic carbocycles. The quantitative estimate of drug-likeness (QED) is 0.467. The summed E-state index contributed by atoms with van der Waals surface area (Å²) < 4.78 is 4.52. The molecule has 16 heavy (non-hydrogen) atoms. The minimum atomic E-state index is -0.225. The number of methoxy groups -OCH3 is 1. The molecule has 0 aromatic heterocycles. The fourth-order valence-corrected chi connectivity index (χ4v) is 1.42. The molecule has 0 spiro atoms. The molecule has 0 atom stereocenters. The first-order valence-corrected chi connectivity index (χ1v) is 5.32. The fourth-order valence-electron chi connectivity index (χ4n) is 1.24. The fraction of sp³-hybridized carbons (Fsp3) is 0.364. The van der Waals surface area contributed by atoms with Crippen molar-refractivity contribution in [3.8, 4) is 0 Å². The molecule has 1 aromatic rings. The van der Waals surface area contributed by atoms with E-state index in [4.69, 9.17) is 17.3 Å². The Balaban J connectivity index is 2.35. The van der Waals surface area contributed by atoms with E-state index in [1.807, 2.05) is 6.07 Å². The molecule has 4 nitrogen and oxygen atoms in total. The predicted molar refractivity (Wildman–Crippen MR) is 64.2 cm³/mol. The zero-order valence-electron chi connectivity index (χ0n) is 9.13. The van der Waals surface area contributed by atoms with E-state index in [1.165, 1.54) is 7.11 Å². The first-order valence-electron chi connectivity index (χ1n) is 4.95. The molecule has 0 unspecified atom stereocenters. The van der Waals surface area contributed by atoms with Crippen LogP contribution in [0.2, 0.25) is 5.02 Å². The SMILES string of the molecule is COC(=O)CCNCc1ccc(Cl)cc1N. The van der Waals surface area contributed by atoms with Crippen LogP contribution in [0.25, 0.3) is 0 Å². The number of carbonyl (C=O) groups is 1. The number of halogens is 1. The van der Waals surface area contributed by atoms with E-state index in [-0.39, 0.29) is 5.97 Å². The van der Waals surface area contributed by atoms with Crippen molar-refractivity contribution >= 4 is 23.3 Å². The molecular formula is C11H15ClN2O2. The molecule has 88 valence electrons. The number of benzene rings is 1. The summed E-state index contributed by atoms with van der Waals surface area (Å²) in [6, 6.07) is 5.36. The minimum absolute atomic E-state index is 0.225. The molecule has 1 aromatic carbocycles. The van der Waals surface area contributed by atoms with Gasteiger partial charge in [-0.2, -0.15) is 0 Å². The van der Waals surface area contributed by atoms with E-state index in [0.717, 1.165) is 5.56 Å². The molecule has 0 radical (unpaired) electrons. The third-order valence-electron chi connectivity index (χ3n) is 2.16. The Morgan fingerprint density at radius 3 is 2.94 bits per heavy atom. The number of nitrogens with one attached hydrogen (secondary N) is 1. The van der Waals surface area contributed by atoms with Crippen LogP contribution in [-0.4, -0.2) is 19.6 Å². The van der Waals surface area contributed by atoms with Crippen LogP contribution in [0.3, 0.4) is 0 Å². The van der Waals surface area contributed by atoms with E-state index >= 15 is 0 Å². The van der Waals surface area contributed by atoms with Crippen molar-refractivity contribution in [1.29, 1.82) is 0 Å². The molecule has 0 amide bonds. The number of anilines is 1. The Labute approximate surface area is 99.7 Å². The van der Waals surface area contributed by atoms with Crippen molar-refractivity contribution in [3.63, 3.8) is 0 Å². The van der Waals surface area contributed by atoms with Gasteiger partial charge in [0.1, 0.15) is 0 Å². The summed E-state index contributed by atoms with van der Waals surface area (Å²) in [7, 11) is 1.37. The van der Waals surface area contributed by atoms with Gasteiger partial charge in [-0.1, -0.05) is 17.7 Å². The monoisotopic (exact) mass is 242 g/mol. The number of hydrogen-bond acceptors (Lipinski definition) is 4. The smallest absolute Gasteiger partial charge is 0.306 e. The average molecular weight is 243 g/mol. The standard InChI is InChI=1S/C11H15ClN2O2/c1-16-11(15)4-5-14-7-8-2-3-9(12)6-10(8)13/h2-3,6,14H,4-5,7,13H2,1H3. The lowest BCUT2D eigenvalue weighted by atomic mass is 10.2. The second-order valence-corrected chi connectivity index (χ2v) is 3.78. The summed E-state index contributed by atoms with van der Waals surface area (Å²) in [6.45, 7) is 1.18. The van der Waals surface area contributed by atoms with Gasteiger partial charge < -0.3 is 15.8 Å². The van der Waals surface area contributed by atoms with Crippen LogP contribution in [-0.2, 0) is 16.1 Å². The van der Waals surface area contributed by atoms with Gasteiger partial charge in [-0.25, -0.2) is 0 Å². The zero-order valence-corrected chi connectivity index (χ0v) is 9.88. The van der Waals surface area contributed by atoms with Gasteiger partial charge in [-0.15, -0.1) is 0 Å². The molecule has 0 saturated heterocycles. The summed E-state index contributed by atoms with van der Waals surface area (Å²) in [6.07, 6.45) is 0.351. The third-order valence-corrected chi connectivity index (χ3v) is 2.39. The number of nitrogens with two attached hydrogens (primary N) is 1. The van der Waals surface area contributed by atoms with Crippen LogP contribution in [0.15, 0.2) is 18.2 Å². The maximum atomic E-state index is 10.8. The third kappa shape index (κ3) is 4.08. The highest BCUT2D eigenvalue weighted by molar-refractivity contribution is 6.30. The van der Waals surface area contributed by atoms with Crippen molar-refractivity contribution < 1.29 is 9.53 Å². The van der Waals surface area contributed by atoms with Gasteiger partial charge in [0.25, 0.3) is 0 Å². The molecule has 0 aliphatic heterocycles. The van der Waals surface area contributed by atoms with Crippen LogP contribution in [0, 0.1) is 0 Å². The number of ether oxygens (including phenoxy) is 1. The molecule has 3 N–H and O–H groups in total. The maximum absolute atomic E-state index is 10.8. The summed E-state index contributed by atoms with van der Waals surface area (Å²) in [5.74, 6) is -0.225. The lowest BCUT2D eigenvalue weighted by molar-refractivity contribution is -0.140. The lowest BCUT2D eigenvalue weighted by Crippen LogP contribution is -2.19. The summed E-state index contributed by atoms with van der Waals surface area (Å²) in [5, 5.41) is 3.72. The van der Waals surface area contributed by atoms with Crippen LogP contribution < -0.4 is 11.1 Å². The van der Waals surface area contributed by atoms with Crippen molar-refractivity contribution in [2.75, 3.05) is 19.4 Å². The predicted octanol–water partition coefficient (Wildman–Crippen LogP) is 1.57. The van der Waals surface area contributed by atoms with Gasteiger partial charge in [0, 0.05) is 23.8 Å². The van der Waals surface area contributed by atoms with Crippen molar-refractivity contribution in [2.45, 2.75) is 13.0 Å². The topological polar surface area (TPSA) is 64.3 Å². The molecule has 1 rings (SSSR count). The summed E-state index contributed by atoms with van der Waals surface area (Å²) in [4.78, 5) is 10.8. The van der Waals surface area contributed by atoms with Crippen LogP contribution in [0.1, 0.15) is 12.0 Å². The Hall–Kier alpha value is -1.26. The first kappa shape index (κ1) is 12.8. The number of esters is 1. The highest BCUT2D eigenvalue weighted by atomic mass is 35.5. The van der Waals surface area contributed by atoms with E-state index in [9.17, 15) is 4.79 Å². The molecule has 0 aliphatic rings. The van der Waals surface area contributed by atoms with Gasteiger partial charge in [-0.3, -0.25) is 4.79 Å². The maximum Gasteiger partial charge on any atom is 0.306 e. The van der Waals surface area contributed by atoms with Gasteiger partial charge in [-0.05, 0) is 17.7 Å². The molecule has 0 fully saturated rings. The molecule has 0 saturated carbocycles. The van der Waals surface area contributed by atoms with E-state index in [0.29, 0.717) is 30.2 Å². The Bertz CT molecular complexity index is 369. The Morgan fingerprint density at radius 1 is 1.56 bits per heavy atom. The van der Waals surface area contributed by atoms with E-state index < -0.39 is 0 Å². The molecule has 0 bridgehead atoms. The normalized spacial score (nSPS) is 10.1. The lowest BCUT2D eigenvalue weighted by Gasteiger charge is -2.07.